The summed E-state index contributed by atoms with van der Waals surface area (Å²) in [5.74, 6) is -0.320. The van der Waals surface area contributed by atoms with Crippen LogP contribution >= 0.6 is 11.3 Å². The summed E-state index contributed by atoms with van der Waals surface area (Å²) >= 11 is 1.33. The van der Waals surface area contributed by atoms with E-state index in [0.717, 1.165) is 0 Å². The van der Waals surface area contributed by atoms with Gasteiger partial charge in [0.1, 0.15) is 6.61 Å². The summed E-state index contributed by atoms with van der Waals surface area (Å²) in [6, 6.07) is 7.81. The SMILES string of the molecule is CC(C)CC(=O)Nc1ccc(C(=O)OCc2cc(=O)n3ccsc3n2)cc1. The van der Waals surface area contributed by atoms with Crippen molar-refractivity contribution in [1.29, 1.82) is 0 Å². The number of amides is 1. The first-order chi connectivity index (χ1) is 12.9. The highest BCUT2D eigenvalue weighted by Crippen LogP contribution is 2.13. The summed E-state index contributed by atoms with van der Waals surface area (Å²) in [7, 11) is 0. The second-order valence-corrected chi connectivity index (χ2v) is 7.31. The molecule has 1 aromatic carbocycles. The Morgan fingerprint density at radius 1 is 1.26 bits per heavy atom. The van der Waals surface area contributed by atoms with Crippen molar-refractivity contribution in [2.24, 2.45) is 5.92 Å². The molecule has 0 radical (unpaired) electrons. The van der Waals surface area contributed by atoms with Crippen molar-refractivity contribution < 1.29 is 14.3 Å². The molecule has 8 heteroatoms. The highest BCUT2D eigenvalue weighted by Gasteiger charge is 2.11. The van der Waals surface area contributed by atoms with Crippen LogP contribution in [0.3, 0.4) is 0 Å². The highest BCUT2D eigenvalue weighted by molar-refractivity contribution is 7.15. The molecule has 0 bridgehead atoms. The van der Waals surface area contributed by atoms with Crippen molar-refractivity contribution in [2.75, 3.05) is 5.32 Å². The number of esters is 1. The lowest BCUT2D eigenvalue weighted by atomic mass is 10.1. The second-order valence-electron chi connectivity index (χ2n) is 6.44. The molecule has 0 fully saturated rings. The Morgan fingerprint density at radius 3 is 2.70 bits per heavy atom. The van der Waals surface area contributed by atoms with Crippen molar-refractivity contribution in [3.05, 3.63) is 63.5 Å². The van der Waals surface area contributed by atoms with Crippen molar-refractivity contribution >= 4 is 33.9 Å². The van der Waals surface area contributed by atoms with E-state index in [-0.39, 0.29) is 24.0 Å². The number of carbonyl (C=O) groups is 2. The Kier molecular flexibility index (Phi) is 5.66. The first kappa shape index (κ1) is 18.8. The lowest BCUT2D eigenvalue weighted by Gasteiger charge is -2.08. The van der Waals surface area contributed by atoms with Crippen LogP contribution in [0, 0.1) is 5.92 Å². The maximum absolute atomic E-state index is 12.2. The molecule has 0 saturated carbocycles. The normalized spacial score (nSPS) is 10.9. The van der Waals surface area contributed by atoms with E-state index in [9.17, 15) is 14.4 Å². The Labute approximate surface area is 159 Å². The van der Waals surface area contributed by atoms with Gasteiger partial charge in [-0.1, -0.05) is 13.8 Å². The molecule has 0 saturated heterocycles. The van der Waals surface area contributed by atoms with Gasteiger partial charge in [0.2, 0.25) is 5.91 Å². The predicted molar refractivity (Wildman–Crippen MR) is 103 cm³/mol. The van der Waals surface area contributed by atoms with E-state index in [1.165, 1.54) is 21.8 Å². The number of hydrogen-bond acceptors (Lipinski definition) is 6. The van der Waals surface area contributed by atoms with Crippen molar-refractivity contribution in [3.8, 4) is 0 Å². The molecule has 0 aliphatic rings. The van der Waals surface area contributed by atoms with Crippen LogP contribution in [-0.4, -0.2) is 21.3 Å². The van der Waals surface area contributed by atoms with Crippen molar-refractivity contribution in [2.45, 2.75) is 26.9 Å². The van der Waals surface area contributed by atoms with E-state index in [1.54, 1.807) is 35.8 Å². The minimum Gasteiger partial charge on any atom is -0.456 e. The zero-order chi connectivity index (χ0) is 19.4. The number of nitrogens with zero attached hydrogens (tertiary/aromatic N) is 2. The van der Waals surface area contributed by atoms with Crippen molar-refractivity contribution in [3.63, 3.8) is 0 Å². The van der Waals surface area contributed by atoms with Gasteiger partial charge in [-0.05, 0) is 30.2 Å². The fraction of sp³-hybridized carbons (Fsp3) is 0.263. The van der Waals surface area contributed by atoms with Crippen LogP contribution < -0.4 is 10.9 Å². The van der Waals surface area contributed by atoms with Crippen LogP contribution in [0.2, 0.25) is 0 Å². The highest BCUT2D eigenvalue weighted by atomic mass is 32.1. The molecule has 0 aliphatic heterocycles. The van der Waals surface area contributed by atoms with Crippen LogP contribution in [0.5, 0.6) is 0 Å². The molecule has 0 aliphatic carbocycles. The number of hydrogen-bond donors (Lipinski definition) is 1. The molecule has 3 rings (SSSR count). The number of aromatic nitrogens is 2. The molecule has 2 heterocycles. The molecule has 140 valence electrons. The Hall–Kier alpha value is -3.00. The average Bonchev–Trinajstić information content (AvgIpc) is 3.09. The fourth-order valence-corrected chi connectivity index (χ4v) is 3.20. The molecular formula is C19H19N3O4S. The molecule has 27 heavy (non-hydrogen) atoms. The largest absolute Gasteiger partial charge is 0.456 e. The number of benzene rings is 1. The van der Waals surface area contributed by atoms with Gasteiger partial charge in [-0.15, -0.1) is 11.3 Å². The van der Waals surface area contributed by atoms with Crippen LogP contribution in [0.1, 0.15) is 36.3 Å². The van der Waals surface area contributed by atoms with Gasteiger partial charge >= 0.3 is 5.97 Å². The molecule has 7 nitrogen and oxygen atoms in total. The molecule has 1 amide bonds. The third kappa shape index (κ3) is 4.79. The minimum absolute atomic E-state index is 0.0679. The topological polar surface area (TPSA) is 89.8 Å². The van der Waals surface area contributed by atoms with Gasteiger partial charge in [-0.25, -0.2) is 9.78 Å². The zero-order valence-electron chi connectivity index (χ0n) is 15.0. The number of rotatable bonds is 6. The minimum atomic E-state index is -0.525. The number of nitrogens with one attached hydrogen (secondary N) is 1. The maximum atomic E-state index is 12.2. The zero-order valence-corrected chi connectivity index (χ0v) is 15.8. The van der Waals surface area contributed by atoms with Gasteiger partial charge in [0, 0.05) is 29.8 Å². The number of carbonyl (C=O) groups excluding carboxylic acids is 2. The van der Waals surface area contributed by atoms with Gasteiger partial charge in [0.15, 0.2) is 4.96 Å². The van der Waals surface area contributed by atoms with E-state index in [4.69, 9.17) is 4.74 Å². The third-order valence-electron chi connectivity index (χ3n) is 3.71. The van der Waals surface area contributed by atoms with Gasteiger partial charge in [0.05, 0.1) is 11.3 Å². The van der Waals surface area contributed by atoms with E-state index in [2.05, 4.69) is 10.3 Å². The first-order valence-corrected chi connectivity index (χ1v) is 9.33. The average molecular weight is 385 g/mol. The Morgan fingerprint density at radius 2 is 2.00 bits per heavy atom. The Bertz CT molecular complexity index is 1020. The molecule has 3 aromatic rings. The molecule has 0 unspecified atom stereocenters. The molecular weight excluding hydrogens is 366 g/mol. The summed E-state index contributed by atoms with van der Waals surface area (Å²) < 4.78 is 6.67. The van der Waals surface area contributed by atoms with Gasteiger partial charge < -0.3 is 10.1 Å². The number of fused-ring (bicyclic) bond motifs is 1. The molecule has 2 aromatic heterocycles. The van der Waals surface area contributed by atoms with Gasteiger partial charge in [-0.3, -0.25) is 14.0 Å². The first-order valence-electron chi connectivity index (χ1n) is 8.45. The molecule has 0 spiro atoms. The fourth-order valence-electron chi connectivity index (χ4n) is 2.46. The third-order valence-corrected chi connectivity index (χ3v) is 4.46. The number of anilines is 1. The van der Waals surface area contributed by atoms with E-state index in [0.29, 0.717) is 28.3 Å². The standard InChI is InChI=1S/C19H19N3O4S/c1-12(2)9-16(23)20-14-5-3-13(4-6-14)18(25)26-11-15-10-17(24)22-7-8-27-19(22)21-15/h3-8,10,12H,9,11H2,1-2H3,(H,20,23). The quantitative estimate of drug-likeness (QED) is 0.659. The summed E-state index contributed by atoms with van der Waals surface area (Å²) in [6.45, 7) is 3.85. The van der Waals surface area contributed by atoms with Crippen LogP contribution in [0.15, 0.2) is 46.7 Å². The van der Waals surface area contributed by atoms with Crippen LogP contribution in [0.4, 0.5) is 5.69 Å². The monoisotopic (exact) mass is 385 g/mol. The lowest BCUT2D eigenvalue weighted by Crippen LogP contribution is -2.15. The maximum Gasteiger partial charge on any atom is 0.338 e. The summed E-state index contributed by atoms with van der Waals surface area (Å²) in [4.78, 5) is 40.7. The summed E-state index contributed by atoms with van der Waals surface area (Å²) in [5, 5.41) is 4.55. The Balaban J connectivity index is 1.60. The van der Waals surface area contributed by atoms with Crippen molar-refractivity contribution in [1.82, 2.24) is 9.38 Å². The van der Waals surface area contributed by atoms with Gasteiger partial charge in [0.25, 0.3) is 5.56 Å². The van der Waals surface area contributed by atoms with E-state index < -0.39 is 5.97 Å². The predicted octanol–water partition coefficient (Wildman–Crippen LogP) is 3.10. The molecule has 0 atom stereocenters. The van der Waals surface area contributed by atoms with E-state index in [1.807, 2.05) is 13.8 Å². The van der Waals surface area contributed by atoms with E-state index >= 15 is 0 Å². The smallest absolute Gasteiger partial charge is 0.338 e. The molecule has 1 N–H and O–H groups in total. The van der Waals surface area contributed by atoms with Crippen LogP contribution in [0.25, 0.3) is 4.96 Å². The van der Waals surface area contributed by atoms with Gasteiger partial charge in [-0.2, -0.15) is 0 Å². The second kappa shape index (κ2) is 8.13. The van der Waals surface area contributed by atoms with Crippen LogP contribution in [-0.2, 0) is 16.1 Å². The number of ether oxygens (including phenoxy) is 1. The summed E-state index contributed by atoms with van der Waals surface area (Å²) in [6.07, 6.45) is 2.08. The number of thiazole rings is 1. The lowest BCUT2D eigenvalue weighted by molar-refractivity contribution is -0.116. The summed E-state index contributed by atoms with van der Waals surface area (Å²) in [5.41, 5.74) is 1.16.